The molecule has 3 rings (SSSR count). The van der Waals surface area contributed by atoms with E-state index in [1.807, 2.05) is 24.3 Å². The lowest BCUT2D eigenvalue weighted by atomic mass is 9.90. The fourth-order valence-corrected chi connectivity index (χ4v) is 2.82. The number of hydrogen-bond acceptors (Lipinski definition) is 4. The number of carbonyl (C=O) groups is 2. The number of benzene rings is 1. The predicted molar refractivity (Wildman–Crippen MR) is 85.7 cm³/mol. The summed E-state index contributed by atoms with van der Waals surface area (Å²) in [7, 11) is 0. The summed E-state index contributed by atoms with van der Waals surface area (Å²) in [6, 6.07) is 7.39. The molecule has 0 saturated carbocycles. The van der Waals surface area contributed by atoms with Crippen LogP contribution in [0.2, 0.25) is 0 Å². The highest BCUT2D eigenvalue weighted by Gasteiger charge is 2.39. The van der Waals surface area contributed by atoms with Crippen molar-refractivity contribution in [3.05, 3.63) is 29.8 Å². The Labute approximate surface area is 134 Å². The van der Waals surface area contributed by atoms with Crippen LogP contribution in [0.15, 0.2) is 34.5 Å². The van der Waals surface area contributed by atoms with Gasteiger partial charge in [0, 0.05) is 37.9 Å². The van der Waals surface area contributed by atoms with Crippen LogP contribution in [0.5, 0.6) is 0 Å². The second-order valence-electron chi connectivity index (χ2n) is 5.82. The third-order valence-electron chi connectivity index (χ3n) is 4.19. The molecule has 0 aliphatic carbocycles. The van der Waals surface area contributed by atoms with Gasteiger partial charge in [0.25, 0.3) is 0 Å². The minimum absolute atomic E-state index is 0.137. The molecule has 0 spiro atoms. The smallest absolute Gasteiger partial charge is 0.228 e. The number of rotatable bonds is 6. The van der Waals surface area contributed by atoms with E-state index in [0.29, 0.717) is 31.5 Å². The number of terminal acetylenes is 1. The maximum atomic E-state index is 12.4. The quantitative estimate of drug-likeness (QED) is 0.790. The maximum Gasteiger partial charge on any atom is 0.228 e. The minimum atomic E-state index is -0.449. The third-order valence-corrected chi connectivity index (χ3v) is 4.19. The number of fused-ring (bicyclic) bond motifs is 1. The molecule has 118 valence electrons. The molecule has 2 amide bonds. The van der Waals surface area contributed by atoms with Crippen molar-refractivity contribution in [2.75, 3.05) is 11.9 Å². The summed E-state index contributed by atoms with van der Waals surface area (Å²) in [5.74, 6) is 1.85. The van der Waals surface area contributed by atoms with Gasteiger partial charge >= 0.3 is 0 Å². The molecule has 2 N–H and O–H groups in total. The highest BCUT2D eigenvalue weighted by molar-refractivity contribution is 6.01. The number of nitrogens with zero attached hydrogens (tertiary/aromatic N) is 2. The topological polar surface area (TPSA) is 82.9 Å². The normalized spacial score (nSPS) is 20.1. The van der Waals surface area contributed by atoms with E-state index in [9.17, 15) is 9.59 Å². The first-order valence-corrected chi connectivity index (χ1v) is 7.67. The Morgan fingerprint density at radius 2 is 2.17 bits per heavy atom. The highest BCUT2D eigenvalue weighted by atomic mass is 16.2. The lowest BCUT2D eigenvalue weighted by Crippen LogP contribution is -2.36. The average molecular weight is 310 g/mol. The summed E-state index contributed by atoms with van der Waals surface area (Å²) < 4.78 is 0. The van der Waals surface area contributed by atoms with Crippen molar-refractivity contribution in [2.45, 2.75) is 37.3 Å². The molecule has 1 unspecified atom stereocenters. The molecule has 6 heteroatoms. The Morgan fingerprint density at radius 3 is 2.91 bits per heavy atom. The Bertz CT molecular complexity index is 699. The van der Waals surface area contributed by atoms with Crippen LogP contribution >= 0.6 is 0 Å². The highest BCUT2D eigenvalue weighted by Crippen LogP contribution is 2.36. The van der Waals surface area contributed by atoms with Gasteiger partial charge in [0.15, 0.2) is 5.66 Å². The fourth-order valence-electron chi connectivity index (χ4n) is 2.82. The molecular formula is C17H18N4O2. The van der Waals surface area contributed by atoms with E-state index in [1.165, 1.54) is 0 Å². The Balaban J connectivity index is 1.57. The van der Waals surface area contributed by atoms with E-state index in [1.54, 1.807) is 0 Å². The number of anilines is 1. The first kappa shape index (κ1) is 15.2. The molecule has 1 aromatic rings. The summed E-state index contributed by atoms with van der Waals surface area (Å²) in [6.07, 6.45) is 7.40. The number of carbonyl (C=O) groups excluding carboxylic acids is 2. The molecule has 1 aromatic carbocycles. The lowest BCUT2D eigenvalue weighted by molar-refractivity contribution is -0.126. The van der Waals surface area contributed by atoms with Gasteiger partial charge < -0.3 is 10.6 Å². The zero-order valence-corrected chi connectivity index (χ0v) is 12.7. The largest absolute Gasteiger partial charge is 0.355 e. The number of nitrogens with one attached hydrogen (secondary N) is 2. The zero-order chi connectivity index (χ0) is 16.3. The minimum Gasteiger partial charge on any atom is -0.355 e. The van der Waals surface area contributed by atoms with E-state index in [-0.39, 0.29) is 18.2 Å². The van der Waals surface area contributed by atoms with Gasteiger partial charge in [0.05, 0.1) is 5.92 Å². The molecule has 2 aliphatic heterocycles. The summed E-state index contributed by atoms with van der Waals surface area (Å²) in [4.78, 5) is 24.2. The summed E-state index contributed by atoms with van der Waals surface area (Å²) in [6.45, 7) is 0.469. The number of hydrogen-bond donors (Lipinski definition) is 2. The van der Waals surface area contributed by atoms with Crippen LogP contribution in [0, 0.1) is 12.3 Å². The van der Waals surface area contributed by atoms with Crippen LogP contribution in [-0.4, -0.2) is 24.0 Å². The van der Waals surface area contributed by atoms with Gasteiger partial charge in [-0.1, -0.05) is 18.2 Å². The van der Waals surface area contributed by atoms with Crippen LogP contribution in [-0.2, 0) is 9.59 Å². The predicted octanol–water partition coefficient (Wildman–Crippen LogP) is 2.19. The number of amides is 2. The fraction of sp³-hybridized carbons (Fsp3) is 0.412. The molecule has 0 saturated heterocycles. The van der Waals surface area contributed by atoms with Gasteiger partial charge in [0.1, 0.15) is 0 Å². The Kier molecular flexibility index (Phi) is 4.11. The first-order valence-electron chi connectivity index (χ1n) is 7.67. The molecule has 0 aromatic heterocycles. The van der Waals surface area contributed by atoms with Crippen LogP contribution in [0.25, 0.3) is 0 Å². The van der Waals surface area contributed by atoms with Gasteiger partial charge in [-0.3, -0.25) is 9.59 Å². The molecule has 0 fully saturated rings. The van der Waals surface area contributed by atoms with Gasteiger partial charge in [-0.05, 0) is 11.6 Å². The van der Waals surface area contributed by atoms with Gasteiger partial charge in [-0.15, -0.1) is 12.3 Å². The number of para-hydroxylation sites is 1. The van der Waals surface area contributed by atoms with Gasteiger partial charge in [-0.2, -0.15) is 10.2 Å². The van der Waals surface area contributed by atoms with Crippen molar-refractivity contribution in [3.63, 3.8) is 0 Å². The van der Waals surface area contributed by atoms with Crippen molar-refractivity contribution in [3.8, 4) is 12.3 Å². The van der Waals surface area contributed by atoms with Crippen LogP contribution in [0.1, 0.15) is 37.2 Å². The van der Waals surface area contributed by atoms with Crippen molar-refractivity contribution in [2.24, 2.45) is 10.2 Å². The van der Waals surface area contributed by atoms with Crippen molar-refractivity contribution in [1.82, 2.24) is 5.32 Å². The molecule has 2 heterocycles. The lowest BCUT2D eigenvalue weighted by Gasteiger charge is -2.24. The maximum absolute atomic E-state index is 12.4. The Morgan fingerprint density at radius 1 is 1.39 bits per heavy atom. The van der Waals surface area contributed by atoms with E-state index >= 15 is 0 Å². The summed E-state index contributed by atoms with van der Waals surface area (Å²) >= 11 is 0. The second kappa shape index (κ2) is 6.21. The van der Waals surface area contributed by atoms with Crippen molar-refractivity contribution >= 4 is 17.5 Å². The van der Waals surface area contributed by atoms with E-state index in [4.69, 9.17) is 6.42 Å². The first-order chi connectivity index (χ1) is 11.1. The Hall–Kier alpha value is -2.68. The zero-order valence-electron chi connectivity index (χ0n) is 12.7. The van der Waals surface area contributed by atoms with E-state index in [2.05, 4.69) is 26.8 Å². The molecular weight excluding hydrogens is 292 g/mol. The molecule has 2 aliphatic rings. The van der Waals surface area contributed by atoms with E-state index < -0.39 is 11.6 Å². The molecule has 1 atom stereocenters. The molecule has 0 radical (unpaired) electrons. The van der Waals surface area contributed by atoms with Crippen LogP contribution < -0.4 is 10.6 Å². The molecule has 23 heavy (non-hydrogen) atoms. The monoisotopic (exact) mass is 310 g/mol. The van der Waals surface area contributed by atoms with Gasteiger partial charge in [-0.25, -0.2) is 0 Å². The van der Waals surface area contributed by atoms with Crippen molar-refractivity contribution < 1.29 is 9.59 Å². The summed E-state index contributed by atoms with van der Waals surface area (Å²) in [5, 5.41) is 13.8. The third kappa shape index (κ3) is 3.39. The molecule has 0 bridgehead atoms. The van der Waals surface area contributed by atoms with Crippen LogP contribution in [0.3, 0.4) is 0 Å². The van der Waals surface area contributed by atoms with E-state index in [0.717, 1.165) is 5.56 Å². The molecule has 6 nitrogen and oxygen atoms in total. The second-order valence-corrected chi connectivity index (χ2v) is 5.82. The average Bonchev–Trinajstić information content (AvgIpc) is 3.32. The standard InChI is InChI=1S/C17H18N4O2/c1-2-3-8-17(20-21-17)9-10-18-16(23)13-11-15(22)19-14-7-5-4-6-12(13)14/h1,4-7,13H,3,8-11H2,(H,18,23)(H,19,22). The van der Waals surface area contributed by atoms with Crippen molar-refractivity contribution in [1.29, 1.82) is 0 Å². The SMILES string of the molecule is C#CCCC1(CCNC(=O)C2CC(=O)Nc3ccccc32)N=N1. The van der Waals surface area contributed by atoms with Crippen LogP contribution in [0.4, 0.5) is 5.69 Å². The van der Waals surface area contributed by atoms with Gasteiger partial charge in [0.2, 0.25) is 11.8 Å². The summed E-state index contributed by atoms with van der Waals surface area (Å²) in [5.41, 5.74) is 1.16.